The van der Waals surface area contributed by atoms with E-state index in [-0.39, 0.29) is 12.2 Å². The first kappa shape index (κ1) is 15.5. The average Bonchev–Trinajstić information content (AvgIpc) is 3.17. The molecule has 3 aromatic rings. The lowest BCUT2D eigenvalue weighted by Crippen LogP contribution is -1.98. The average molecular weight is 327 g/mol. The molecular weight excluding hydrogens is 310 g/mol. The fraction of sp³-hybridized carbons (Fsp3) is 0.222. The number of aromatic amines is 1. The lowest BCUT2D eigenvalue weighted by molar-refractivity contribution is -0.137. The number of benzene rings is 1. The van der Waals surface area contributed by atoms with Crippen LogP contribution in [-0.4, -0.2) is 21.8 Å². The van der Waals surface area contributed by atoms with Crippen molar-refractivity contribution < 1.29 is 14.7 Å². The number of fused-ring (bicyclic) bond motifs is 1. The molecule has 118 valence electrons. The van der Waals surface area contributed by atoms with Crippen LogP contribution in [0.3, 0.4) is 0 Å². The first-order valence-electron chi connectivity index (χ1n) is 7.55. The lowest BCUT2D eigenvalue weighted by Gasteiger charge is -1.97. The van der Waals surface area contributed by atoms with Gasteiger partial charge in [0.05, 0.1) is 4.88 Å². The van der Waals surface area contributed by atoms with Crippen LogP contribution in [0.15, 0.2) is 41.9 Å². The van der Waals surface area contributed by atoms with Crippen LogP contribution in [0.5, 0.6) is 0 Å². The van der Waals surface area contributed by atoms with Crippen molar-refractivity contribution in [3.8, 4) is 11.1 Å². The zero-order chi connectivity index (χ0) is 16.2. The van der Waals surface area contributed by atoms with E-state index in [4.69, 9.17) is 5.11 Å². The summed E-state index contributed by atoms with van der Waals surface area (Å²) in [6.45, 7) is 0. The van der Waals surface area contributed by atoms with Gasteiger partial charge in [-0.15, -0.1) is 11.3 Å². The van der Waals surface area contributed by atoms with Crippen LogP contribution in [0.4, 0.5) is 0 Å². The highest BCUT2D eigenvalue weighted by Crippen LogP contribution is 2.32. The zero-order valence-electron chi connectivity index (χ0n) is 12.5. The number of para-hydroxylation sites is 1. The highest BCUT2D eigenvalue weighted by molar-refractivity contribution is 7.12. The van der Waals surface area contributed by atoms with Crippen molar-refractivity contribution in [3.63, 3.8) is 0 Å². The summed E-state index contributed by atoms with van der Waals surface area (Å²) in [5, 5.41) is 11.7. The van der Waals surface area contributed by atoms with Gasteiger partial charge in [0, 0.05) is 35.5 Å². The molecule has 0 aliphatic heterocycles. The van der Waals surface area contributed by atoms with Gasteiger partial charge in [0.2, 0.25) is 0 Å². The molecule has 0 amide bonds. The molecule has 0 saturated heterocycles. The van der Waals surface area contributed by atoms with Crippen LogP contribution in [0, 0.1) is 0 Å². The zero-order valence-corrected chi connectivity index (χ0v) is 13.4. The molecule has 2 heterocycles. The predicted octanol–water partition coefficient (Wildman–Crippen LogP) is 4.72. The number of hydrogen-bond acceptors (Lipinski definition) is 3. The van der Waals surface area contributed by atoms with E-state index < -0.39 is 5.97 Å². The second-order valence-electron chi connectivity index (χ2n) is 5.47. The minimum atomic E-state index is -0.810. The van der Waals surface area contributed by atoms with Gasteiger partial charge in [0.15, 0.2) is 5.78 Å². The number of hydrogen-bond donors (Lipinski definition) is 2. The van der Waals surface area contributed by atoms with E-state index in [0.717, 1.165) is 26.9 Å². The molecule has 3 rings (SSSR count). The number of nitrogens with one attached hydrogen (secondary N) is 1. The summed E-state index contributed by atoms with van der Waals surface area (Å²) in [6.07, 6.45) is 3.65. The lowest BCUT2D eigenvalue weighted by atomic mass is 10.1. The summed E-state index contributed by atoms with van der Waals surface area (Å²) >= 11 is 1.45. The van der Waals surface area contributed by atoms with Crippen molar-refractivity contribution in [2.24, 2.45) is 0 Å². The molecule has 0 bridgehead atoms. The Labute approximate surface area is 137 Å². The second-order valence-corrected chi connectivity index (χ2v) is 6.38. The Kier molecular flexibility index (Phi) is 4.57. The molecule has 0 fully saturated rings. The van der Waals surface area contributed by atoms with E-state index >= 15 is 0 Å². The number of thiophene rings is 1. The van der Waals surface area contributed by atoms with Gasteiger partial charge in [-0.2, -0.15) is 0 Å². The number of carbonyl (C=O) groups is 2. The van der Waals surface area contributed by atoms with Gasteiger partial charge in [-0.1, -0.05) is 18.2 Å². The van der Waals surface area contributed by atoms with Gasteiger partial charge in [0.1, 0.15) is 0 Å². The van der Waals surface area contributed by atoms with Gasteiger partial charge in [-0.3, -0.25) is 9.59 Å². The minimum Gasteiger partial charge on any atom is -0.481 e. The van der Waals surface area contributed by atoms with E-state index in [9.17, 15) is 9.59 Å². The fourth-order valence-electron chi connectivity index (χ4n) is 2.62. The third-order valence-electron chi connectivity index (χ3n) is 3.82. The molecule has 4 nitrogen and oxygen atoms in total. The number of aromatic nitrogens is 1. The van der Waals surface area contributed by atoms with Crippen LogP contribution < -0.4 is 0 Å². The van der Waals surface area contributed by atoms with Crippen LogP contribution in [-0.2, 0) is 4.79 Å². The summed E-state index contributed by atoms with van der Waals surface area (Å²) in [6, 6.07) is 10.0. The number of carboxylic acids is 1. The van der Waals surface area contributed by atoms with Crippen LogP contribution in [0.1, 0.15) is 35.4 Å². The normalized spacial score (nSPS) is 11.0. The first-order valence-corrected chi connectivity index (χ1v) is 8.43. The van der Waals surface area contributed by atoms with Crippen LogP contribution in [0.2, 0.25) is 0 Å². The monoisotopic (exact) mass is 327 g/mol. The number of unbranched alkanes of at least 4 members (excludes halogenated alkanes) is 1. The summed E-state index contributed by atoms with van der Waals surface area (Å²) in [4.78, 5) is 26.6. The molecule has 0 radical (unpaired) electrons. The van der Waals surface area contributed by atoms with Gasteiger partial charge < -0.3 is 10.1 Å². The molecule has 0 aliphatic rings. The molecule has 0 spiro atoms. The maximum atomic E-state index is 12.2. The summed E-state index contributed by atoms with van der Waals surface area (Å²) in [7, 11) is 0. The predicted molar refractivity (Wildman–Crippen MR) is 92.0 cm³/mol. The number of carboxylic acid groups (broad SMARTS) is 1. The minimum absolute atomic E-state index is 0.0893. The van der Waals surface area contributed by atoms with Crippen molar-refractivity contribution in [3.05, 3.63) is 46.8 Å². The van der Waals surface area contributed by atoms with E-state index in [0.29, 0.717) is 19.3 Å². The van der Waals surface area contributed by atoms with Gasteiger partial charge >= 0.3 is 5.97 Å². The Balaban J connectivity index is 1.70. The second kappa shape index (κ2) is 6.79. The highest BCUT2D eigenvalue weighted by atomic mass is 32.1. The first-order chi connectivity index (χ1) is 11.1. The Bertz CT molecular complexity index is 847. The van der Waals surface area contributed by atoms with E-state index in [2.05, 4.69) is 11.1 Å². The smallest absolute Gasteiger partial charge is 0.303 e. The Morgan fingerprint density at radius 1 is 1.13 bits per heavy atom. The number of ketones is 1. The van der Waals surface area contributed by atoms with Crippen molar-refractivity contribution in [2.45, 2.75) is 25.7 Å². The number of carbonyl (C=O) groups excluding carboxylic acids is 1. The molecule has 2 N–H and O–H groups in total. The standard InChI is InChI=1S/C18H17NO3S/c20-16(7-3-4-8-18(21)22)17-9-12(11-23-17)14-10-19-15-6-2-1-5-13(14)15/h1-2,5-6,9-11,19H,3-4,7-8H2,(H,21,22). The topological polar surface area (TPSA) is 70.2 Å². The van der Waals surface area contributed by atoms with Crippen molar-refractivity contribution in [2.75, 3.05) is 0 Å². The molecule has 0 unspecified atom stereocenters. The maximum Gasteiger partial charge on any atom is 0.303 e. The Morgan fingerprint density at radius 2 is 1.91 bits per heavy atom. The molecule has 0 aliphatic carbocycles. The molecule has 2 aromatic heterocycles. The maximum absolute atomic E-state index is 12.2. The SMILES string of the molecule is O=C(O)CCCCC(=O)c1cc(-c2c[nH]c3ccccc23)cs1. The van der Waals surface area contributed by atoms with Gasteiger partial charge in [-0.05, 0) is 35.9 Å². The van der Waals surface area contributed by atoms with Gasteiger partial charge in [0.25, 0.3) is 0 Å². The molecule has 1 aromatic carbocycles. The highest BCUT2D eigenvalue weighted by Gasteiger charge is 2.12. The Hall–Kier alpha value is -2.40. The van der Waals surface area contributed by atoms with Crippen molar-refractivity contribution >= 4 is 34.0 Å². The molecule has 23 heavy (non-hydrogen) atoms. The third-order valence-corrected chi connectivity index (χ3v) is 4.79. The summed E-state index contributed by atoms with van der Waals surface area (Å²) in [5.41, 5.74) is 3.22. The van der Waals surface area contributed by atoms with E-state index in [1.54, 1.807) is 0 Å². The molecular formula is C18H17NO3S. The van der Waals surface area contributed by atoms with Gasteiger partial charge in [-0.25, -0.2) is 0 Å². The fourth-order valence-corrected chi connectivity index (χ4v) is 3.50. The van der Waals surface area contributed by atoms with Crippen LogP contribution >= 0.6 is 11.3 Å². The molecule has 0 saturated carbocycles. The quantitative estimate of drug-likeness (QED) is 0.487. The number of rotatable bonds is 7. The molecule has 5 heteroatoms. The summed E-state index contributed by atoms with van der Waals surface area (Å²) < 4.78 is 0. The van der Waals surface area contributed by atoms with E-state index in [1.807, 2.05) is 35.8 Å². The largest absolute Gasteiger partial charge is 0.481 e. The molecule has 0 atom stereocenters. The number of aliphatic carboxylic acids is 1. The van der Waals surface area contributed by atoms with Crippen molar-refractivity contribution in [1.29, 1.82) is 0 Å². The van der Waals surface area contributed by atoms with Crippen molar-refractivity contribution in [1.82, 2.24) is 4.98 Å². The number of H-pyrrole nitrogens is 1. The Morgan fingerprint density at radius 3 is 2.74 bits per heavy atom. The third kappa shape index (κ3) is 3.51. The van der Waals surface area contributed by atoms with E-state index in [1.165, 1.54) is 11.3 Å². The summed E-state index contributed by atoms with van der Waals surface area (Å²) in [5.74, 6) is -0.721. The number of Topliss-reactive ketones (excluding diaryl/α,β-unsaturated/α-hetero) is 1. The van der Waals surface area contributed by atoms with Crippen LogP contribution in [0.25, 0.3) is 22.0 Å².